The zero-order valence-corrected chi connectivity index (χ0v) is 13.9. The quantitative estimate of drug-likeness (QED) is 0.866. The first-order chi connectivity index (χ1) is 11.6. The summed E-state index contributed by atoms with van der Waals surface area (Å²) in [7, 11) is 0. The van der Waals surface area contributed by atoms with Crippen LogP contribution in [0.15, 0.2) is 45.7 Å². The molecule has 0 spiro atoms. The number of carbonyl (C=O) groups is 1. The number of aromatic nitrogens is 1. The fourth-order valence-electron chi connectivity index (χ4n) is 3.28. The Bertz CT molecular complexity index is 755. The summed E-state index contributed by atoms with van der Waals surface area (Å²) in [6, 6.07) is 8.74. The SMILES string of the molecule is Cc1cc(=O)cc(C(=O)N2CCCCC2CCc2ccccn2)o1. The molecule has 3 rings (SSSR count). The molecule has 1 amide bonds. The van der Waals surface area contributed by atoms with Crippen LogP contribution in [0.3, 0.4) is 0 Å². The van der Waals surface area contributed by atoms with Crippen LogP contribution in [0.1, 0.15) is 47.7 Å². The van der Waals surface area contributed by atoms with Crippen LogP contribution >= 0.6 is 0 Å². The summed E-state index contributed by atoms with van der Waals surface area (Å²) < 4.78 is 5.48. The molecule has 1 unspecified atom stereocenters. The normalized spacial score (nSPS) is 17.7. The summed E-state index contributed by atoms with van der Waals surface area (Å²) in [5.41, 5.74) is 0.849. The number of pyridine rings is 1. The van der Waals surface area contributed by atoms with E-state index in [4.69, 9.17) is 4.42 Å². The highest BCUT2D eigenvalue weighted by molar-refractivity contribution is 5.91. The van der Waals surface area contributed by atoms with E-state index in [0.29, 0.717) is 12.3 Å². The van der Waals surface area contributed by atoms with E-state index in [1.165, 1.54) is 12.1 Å². The van der Waals surface area contributed by atoms with Crippen molar-refractivity contribution in [3.05, 3.63) is 64.0 Å². The molecule has 1 aliphatic rings. The predicted octanol–water partition coefficient (Wildman–Crippen LogP) is 2.97. The molecule has 5 heteroatoms. The Hall–Kier alpha value is -2.43. The van der Waals surface area contributed by atoms with Crippen molar-refractivity contribution in [3.63, 3.8) is 0 Å². The second-order valence-electron chi connectivity index (χ2n) is 6.28. The molecule has 3 heterocycles. The molecule has 126 valence electrons. The van der Waals surface area contributed by atoms with E-state index in [0.717, 1.165) is 37.8 Å². The van der Waals surface area contributed by atoms with Crippen molar-refractivity contribution >= 4 is 5.91 Å². The Morgan fingerprint density at radius 1 is 1.33 bits per heavy atom. The average Bonchev–Trinajstić information content (AvgIpc) is 2.59. The Labute approximate surface area is 141 Å². The van der Waals surface area contributed by atoms with Gasteiger partial charge in [-0.2, -0.15) is 0 Å². The van der Waals surface area contributed by atoms with Gasteiger partial charge >= 0.3 is 0 Å². The highest BCUT2D eigenvalue weighted by Gasteiger charge is 2.28. The molecule has 0 saturated carbocycles. The third-order valence-corrected chi connectivity index (χ3v) is 4.45. The number of amides is 1. The molecule has 0 bridgehead atoms. The summed E-state index contributed by atoms with van der Waals surface area (Å²) in [5, 5.41) is 0. The molecule has 2 aromatic rings. The highest BCUT2D eigenvalue weighted by atomic mass is 16.3. The van der Waals surface area contributed by atoms with Crippen LogP contribution in [0.4, 0.5) is 0 Å². The first-order valence-electron chi connectivity index (χ1n) is 8.46. The topological polar surface area (TPSA) is 63.4 Å². The van der Waals surface area contributed by atoms with E-state index in [9.17, 15) is 9.59 Å². The van der Waals surface area contributed by atoms with E-state index in [1.807, 2.05) is 23.1 Å². The zero-order valence-electron chi connectivity index (χ0n) is 13.9. The van der Waals surface area contributed by atoms with Gasteiger partial charge in [0.25, 0.3) is 5.91 Å². The van der Waals surface area contributed by atoms with Crippen LogP contribution in [0, 0.1) is 6.92 Å². The Balaban J connectivity index is 1.73. The average molecular weight is 326 g/mol. The van der Waals surface area contributed by atoms with Crippen LogP contribution in [0.2, 0.25) is 0 Å². The number of rotatable bonds is 4. The second-order valence-corrected chi connectivity index (χ2v) is 6.28. The largest absolute Gasteiger partial charge is 0.456 e. The minimum absolute atomic E-state index is 0.143. The molecule has 2 aromatic heterocycles. The lowest BCUT2D eigenvalue weighted by Gasteiger charge is -2.35. The minimum atomic E-state index is -0.191. The molecule has 0 N–H and O–H groups in total. The summed E-state index contributed by atoms with van der Waals surface area (Å²) >= 11 is 0. The number of aryl methyl sites for hydroxylation is 2. The van der Waals surface area contributed by atoms with Crippen molar-refractivity contribution in [2.45, 2.75) is 45.1 Å². The maximum absolute atomic E-state index is 12.8. The van der Waals surface area contributed by atoms with Crippen molar-refractivity contribution in [2.24, 2.45) is 0 Å². The molecule has 1 fully saturated rings. The molecule has 0 aliphatic carbocycles. The Kier molecular flexibility index (Phi) is 5.08. The maximum Gasteiger partial charge on any atom is 0.289 e. The standard InChI is InChI=1S/C19H22N2O3/c1-14-12-17(22)13-18(24-14)19(23)21-11-5-3-7-16(21)9-8-15-6-2-4-10-20-15/h2,4,6,10,12-13,16H,3,5,7-9,11H2,1H3. The molecule has 5 nitrogen and oxygen atoms in total. The Morgan fingerprint density at radius 3 is 2.96 bits per heavy atom. The number of likely N-dealkylation sites (tertiary alicyclic amines) is 1. The van der Waals surface area contributed by atoms with Crippen molar-refractivity contribution in [1.82, 2.24) is 9.88 Å². The van der Waals surface area contributed by atoms with Gasteiger partial charge in [0, 0.05) is 36.6 Å². The van der Waals surface area contributed by atoms with Crippen LogP contribution in [0.5, 0.6) is 0 Å². The lowest BCUT2D eigenvalue weighted by atomic mass is 9.96. The summed E-state index contributed by atoms with van der Waals surface area (Å²) in [6.45, 7) is 2.40. The molecule has 0 aromatic carbocycles. The van der Waals surface area contributed by atoms with Crippen molar-refractivity contribution < 1.29 is 9.21 Å². The zero-order chi connectivity index (χ0) is 16.9. The number of hydrogen-bond donors (Lipinski definition) is 0. The van der Waals surface area contributed by atoms with E-state index >= 15 is 0 Å². The lowest BCUT2D eigenvalue weighted by molar-refractivity contribution is 0.0564. The monoisotopic (exact) mass is 326 g/mol. The highest BCUT2D eigenvalue weighted by Crippen LogP contribution is 2.23. The van der Waals surface area contributed by atoms with Crippen LogP contribution in [-0.2, 0) is 6.42 Å². The smallest absolute Gasteiger partial charge is 0.289 e. The molecule has 0 radical (unpaired) electrons. The van der Waals surface area contributed by atoms with Gasteiger partial charge in [-0.1, -0.05) is 6.07 Å². The van der Waals surface area contributed by atoms with Gasteiger partial charge < -0.3 is 9.32 Å². The Morgan fingerprint density at radius 2 is 2.21 bits per heavy atom. The predicted molar refractivity (Wildman–Crippen MR) is 90.9 cm³/mol. The van der Waals surface area contributed by atoms with Crippen LogP contribution in [-0.4, -0.2) is 28.4 Å². The molecule has 1 atom stereocenters. The third kappa shape index (κ3) is 3.91. The number of hydrogen-bond acceptors (Lipinski definition) is 4. The molecular weight excluding hydrogens is 304 g/mol. The first kappa shape index (κ1) is 16.4. The van der Waals surface area contributed by atoms with Gasteiger partial charge in [-0.25, -0.2) is 0 Å². The minimum Gasteiger partial charge on any atom is -0.456 e. The lowest BCUT2D eigenvalue weighted by Crippen LogP contribution is -2.44. The maximum atomic E-state index is 12.8. The number of nitrogens with zero attached hydrogens (tertiary/aromatic N) is 2. The van der Waals surface area contributed by atoms with Gasteiger partial charge in [0.05, 0.1) is 0 Å². The van der Waals surface area contributed by atoms with Gasteiger partial charge in [0.2, 0.25) is 0 Å². The van der Waals surface area contributed by atoms with Crippen molar-refractivity contribution in [2.75, 3.05) is 6.54 Å². The fourth-order valence-corrected chi connectivity index (χ4v) is 3.28. The number of carbonyl (C=O) groups excluding carboxylic acids is 1. The van der Waals surface area contributed by atoms with E-state index in [1.54, 1.807) is 13.1 Å². The van der Waals surface area contributed by atoms with Crippen LogP contribution in [0.25, 0.3) is 0 Å². The van der Waals surface area contributed by atoms with Crippen molar-refractivity contribution in [1.29, 1.82) is 0 Å². The number of piperidine rings is 1. The van der Waals surface area contributed by atoms with E-state index in [2.05, 4.69) is 4.98 Å². The van der Waals surface area contributed by atoms with Crippen LogP contribution < -0.4 is 5.43 Å². The van der Waals surface area contributed by atoms with Gasteiger partial charge in [0.15, 0.2) is 11.2 Å². The molecule has 1 aliphatic heterocycles. The molecule has 1 saturated heterocycles. The van der Waals surface area contributed by atoms with Gasteiger partial charge in [0.1, 0.15) is 5.76 Å². The van der Waals surface area contributed by atoms with Crippen molar-refractivity contribution in [3.8, 4) is 0 Å². The first-order valence-corrected chi connectivity index (χ1v) is 8.46. The third-order valence-electron chi connectivity index (χ3n) is 4.45. The van der Waals surface area contributed by atoms with Gasteiger partial charge in [-0.05, 0) is 51.2 Å². The summed E-state index contributed by atoms with van der Waals surface area (Å²) in [4.78, 5) is 30.7. The second kappa shape index (κ2) is 7.43. The summed E-state index contributed by atoms with van der Waals surface area (Å²) in [6.07, 6.45) is 6.59. The van der Waals surface area contributed by atoms with E-state index in [-0.39, 0.29) is 23.1 Å². The van der Waals surface area contributed by atoms with Gasteiger partial charge in [-0.15, -0.1) is 0 Å². The molecular formula is C19H22N2O3. The van der Waals surface area contributed by atoms with Gasteiger partial charge in [-0.3, -0.25) is 14.6 Å². The molecule has 24 heavy (non-hydrogen) atoms. The van der Waals surface area contributed by atoms with E-state index < -0.39 is 0 Å². The fraction of sp³-hybridized carbons (Fsp3) is 0.421. The summed E-state index contributed by atoms with van der Waals surface area (Å²) in [5.74, 6) is 0.430.